The Hall–Kier alpha value is -6.04. The first-order valence-corrected chi connectivity index (χ1v) is 14.7. The van der Waals surface area contributed by atoms with Crippen molar-refractivity contribution in [2.75, 3.05) is 0 Å². The van der Waals surface area contributed by atoms with E-state index in [2.05, 4.69) is 71.7 Å². The molecule has 9 aromatic rings. The Bertz CT molecular complexity index is 2720. The number of hydrogen-bond acceptors (Lipinski definition) is 5. The summed E-state index contributed by atoms with van der Waals surface area (Å²) in [7, 11) is 0. The van der Waals surface area contributed by atoms with Gasteiger partial charge in [0.1, 0.15) is 12.1 Å². The maximum absolute atomic E-state index is 9.42. The molecule has 0 unspecified atom stereocenters. The van der Waals surface area contributed by atoms with Crippen molar-refractivity contribution in [1.82, 2.24) is 15.0 Å². The summed E-state index contributed by atoms with van der Waals surface area (Å²) >= 11 is 0. The van der Waals surface area contributed by atoms with Crippen molar-refractivity contribution in [1.29, 1.82) is 10.5 Å². The van der Waals surface area contributed by atoms with Crippen LogP contribution in [0, 0.1) is 34.8 Å². The van der Waals surface area contributed by atoms with Gasteiger partial charge in [-0.1, -0.05) is 77.5 Å². The van der Waals surface area contributed by atoms with Crippen molar-refractivity contribution in [3.8, 4) is 23.4 Å². The third kappa shape index (κ3) is 5.23. The van der Waals surface area contributed by atoms with Crippen molar-refractivity contribution in [2.45, 2.75) is 0 Å². The minimum atomic E-state index is 0. The summed E-state index contributed by atoms with van der Waals surface area (Å²) in [5.74, 6) is 0. The molecule has 0 saturated heterocycles. The minimum absolute atomic E-state index is 0. The number of pyridine rings is 1. The van der Waals surface area contributed by atoms with Gasteiger partial charge >= 0.3 is 0 Å². The van der Waals surface area contributed by atoms with Crippen molar-refractivity contribution >= 4 is 65.3 Å². The molecule has 0 saturated carbocycles. The van der Waals surface area contributed by atoms with Gasteiger partial charge in [-0.25, -0.2) is 0 Å². The maximum Gasteiger partial charge on any atom is 0.101 e. The molecular weight excluding hydrogens is 755 g/mol. The molecule has 7 aromatic carbocycles. The largest absolute Gasteiger partial charge is 0.296 e. The van der Waals surface area contributed by atoms with Crippen LogP contribution >= 0.6 is 0 Å². The first kappa shape index (κ1) is 29.7. The van der Waals surface area contributed by atoms with Crippen LogP contribution in [0.15, 0.2) is 127 Å². The fraction of sp³-hybridized carbons (Fsp3) is 0. The summed E-state index contributed by atoms with van der Waals surface area (Å²) in [4.78, 5) is 14.5. The zero-order valence-electron chi connectivity index (χ0n) is 24.7. The molecule has 5 nitrogen and oxygen atoms in total. The van der Waals surface area contributed by atoms with Gasteiger partial charge in [-0.15, -0.1) is 65.5 Å². The zero-order valence-corrected chi connectivity index (χ0v) is 27.1. The van der Waals surface area contributed by atoms with Crippen LogP contribution in [-0.4, -0.2) is 15.0 Å². The molecule has 0 aliphatic heterocycles. The van der Waals surface area contributed by atoms with Crippen LogP contribution < -0.4 is 0 Å². The molecule has 47 heavy (non-hydrogen) atoms. The van der Waals surface area contributed by atoms with Gasteiger partial charge in [-0.05, 0) is 45.4 Å². The summed E-state index contributed by atoms with van der Waals surface area (Å²) < 4.78 is 0. The molecule has 221 valence electrons. The van der Waals surface area contributed by atoms with Crippen LogP contribution in [0.25, 0.3) is 76.5 Å². The Morgan fingerprint density at radius 2 is 1.17 bits per heavy atom. The van der Waals surface area contributed by atoms with Crippen LogP contribution in [0.3, 0.4) is 0 Å². The van der Waals surface area contributed by atoms with Gasteiger partial charge in [-0.2, -0.15) is 10.5 Å². The predicted octanol–water partition coefficient (Wildman–Crippen LogP) is 9.49. The maximum atomic E-state index is 9.42. The second-order valence-electron chi connectivity index (χ2n) is 10.9. The van der Waals surface area contributed by atoms with Crippen LogP contribution in [0.5, 0.6) is 0 Å². The Balaban J connectivity index is 0.000000175. The number of aromatic nitrogens is 3. The SMILES string of the molecule is N#Cc1cc2nc3c4[c-]cccc4c4ccc5ccccc5c4c3nc2cc1C#N.[Ir].[c-]1ccccc1-c1ccc2ccccc2n1. The van der Waals surface area contributed by atoms with Gasteiger partial charge in [0.15, 0.2) is 0 Å². The van der Waals surface area contributed by atoms with Crippen molar-refractivity contribution in [3.63, 3.8) is 0 Å². The fourth-order valence-electron chi connectivity index (χ4n) is 6.01. The van der Waals surface area contributed by atoms with E-state index < -0.39 is 0 Å². The zero-order chi connectivity index (χ0) is 31.0. The quantitative estimate of drug-likeness (QED) is 0.0943. The Morgan fingerprint density at radius 3 is 1.94 bits per heavy atom. The van der Waals surface area contributed by atoms with E-state index in [0.717, 1.165) is 60.1 Å². The molecule has 0 aliphatic carbocycles. The number of para-hydroxylation sites is 1. The second kappa shape index (κ2) is 12.4. The molecule has 9 rings (SSSR count). The van der Waals surface area contributed by atoms with Crippen molar-refractivity contribution in [2.24, 2.45) is 0 Å². The number of hydrogen-bond donors (Lipinski definition) is 0. The van der Waals surface area contributed by atoms with Crippen LogP contribution in [0.1, 0.15) is 11.1 Å². The average Bonchev–Trinajstić information content (AvgIpc) is 3.13. The molecule has 0 N–H and O–H groups in total. The molecule has 6 heteroatoms. The Labute approximate surface area is 283 Å². The molecule has 2 heterocycles. The third-order valence-corrected chi connectivity index (χ3v) is 8.18. The number of fused-ring (bicyclic) bond motifs is 10. The average molecular weight is 776 g/mol. The number of nitriles is 2. The van der Waals surface area contributed by atoms with Gasteiger partial charge in [-0.3, -0.25) is 15.0 Å². The molecule has 2 aromatic heterocycles. The standard InChI is InChI=1S/C26H11N4.C15H10N.Ir/c27-13-16-11-22-23(12-17(16)14-28)30-26-24-18-6-2-1-5-15(18)9-10-20(24)19-7-3-4-8-21(19)25(26)29-22;1-2-6-12(7-3-1)15-11-10-13-8-4-5-9-14(13)16-15;/h1-7,9-12H;1-6,8-11H;/q2*-1;. The van der Waals surface area contributed by atoms with E-state index in [9.17, 15) is 10.5 Å². The summed E-state index contributed by atoms with van der Waals surface area (Å²) in [5.41, 5.74) is 6.36. The van der Waals surface area contributed by atoms with Crippen LogP contribution in [-0.2, 0) is 20.1 Å². The summed E-state index contributed by atoms with van der Waals surface area (Å²) in [6.07, 6.45) is 0. The van der Waals surface area contributed by atoms with Gasteiger partial charge in [0.2, 0.25) is 0 Å². The topological polar surface area (TPSA) is 86.2 Å². The molecule has 0 fully saturated rings. The van der Waals surface area contributed by atoms with E-state index in [1.54, 1.807) is 12.1 Å². The summed E-state index contributed by atoms with van der Waals surface area (Å²) in [6.45, 7) is 0. The number of rotatable bonds is 1. The van der Waals surface area contributed by atoms with Gasteiger partial charge in [0.05, 0.1) is 33.2 Å². The molecule has 1 radical (unpaired) electrons. The Morgan fingerprint density at radius 1 is 0.511 bits per heavy atom. The van der Waals surface area contributed by atoms with E-state index in [1.165, 1.54) is 5.39 Å². The normalized spacial score (nSPS) is 10.8. The van der Waals surface area contributed by atoms with Gasteiger partial charge < -0.3 is 0 Å². The summed E-state index contributed by atoms with van der Waals surface area (Å²) in [6, 6.07) is 52.5. The molecule has 0 amide bonds. The van der Waals surface area contributed by atoms with Crippen molar-refractivity contribution < 1.29 is 20.1 Å². The third-order valence-electron chi connectivity index (χ3n) is 8.18. The van der Waals surface area contributed by atoms with Gasteiger partial charge in [0, 0.05) is 25.6 Å². The first-order valence-electron chi connectivity index (χ1n) is 14.7. The number of benzene rings is 7. The van der Waals surface area contributed by atoms with Crippen LogP contribution in [0.2, 0.25) is 0 Å². The molecule has 0 aliphatic rings. The molecule has 0 bridgehead atoms. The first-order chi connectivity index (χ1) is 22.7. The molecular formula is C41H21IrN5-2. The van der Waals surface area contributed by atoms with E-state index in [0.29, 0.717) is 22.2 Å². The monoisotopic (exact) mass is 776 g/mol. The smallest absolute Gasteiger partial charge is 0.101 e. The van der Waals surface area contributed by atoms with E-state index in [1.807, 2.05) is 72.8 Å². The predicted molar refractivity (Wildman–Crippen MR) is 184 cm³/mol. The minimum Gasteiger partial charge on any atom is -0.296 e. The van der Waals surface area contributed by atoms with E-state index in [4.69, 9.17) is 9.97 Å². The Kier molecular flexibility index (Phi) is 7.82. The van der Waals surface area contributed by atoms with E-state index in [-0.39, 0.29) is 20.1 Å². The number of nitrogens with zero attached hydrogens (tertiary/aromatic N) is 5. The van der Waals surface area contributed by atoms with Crippen molar-refractivity contribution in [3.05, 3.63) is 151 Å². The molecule has 0 spiro atoms. The fourth-order valence-corrected chi connectivity index (χ4v) is 6.01. The van der Waals surface area contributed by atoms with Gasteiger partial charge in [0.25, 0.3) is 0 Å². The molecule has 0 atom stereocenters. The van der Waals surface area contributed by atoms with Crippen LogP contribution in [0.4, 0.5) is 0 Å². The van der Waals surface area contributed by atoms with E-state index >= 15 is 0 Å². The summed E-state index contributed by atoms with van der Waals surface area (Å²) in [5, 5.41) is 26.3. The second-order valence-corrected chi connectivity index (χ2v) is 10.9.